The molecule has 0 radical (unpaired) electrons. The standard InChI is InChI=1S/C12H19NO2/c1-13-8-11(9-14-2)10-5-4-6-12(7-10)15-3/h4-7,11,13H,8-9H2,1-3H3. The minimum atomic E-state index is 0.370. The molecular formula is C12H19NO2. The van der Waals surface area contributed by atoms with Crippen molar-refractivity contribution >= 4 is 0 Å². The van der Waals surface area contributed by atoms with E-state index in [0.29, 0.717) is 12.5 Å². The van der Waals surface area contributed by atoms with E-state index >= 15 is 0 Å². The number of hydrogen-bond acceptors (Lipinski definition) is 3. The molecule has 0 spiro atoms. The summed E-state index contributed by atoms with van der Waals surface area (Å²) in [5, 5.41) is 3.17. The lowest BCUT2D eigenvalue weighted by Gasteiger charge is -2.16. The second-order valence-corrected chi connectivity index (χ2v) is 3.49. The molecule has 15 heavy (non-hydrogen) atoms. The summed E-state index contributed by atoms with van der Waals surface area (Å²) in [6.45, 7) is 1.62. The first kappa shape index (κ1) is 12.0. The molecule has 84 valence electrons. The van der Waals surface area contributed by atoms with Gasteiger partial charge in [-0.25, -0.2) is 0 Å². The molecular weight excluding hydrogens is 190 g/mol. The Morgan fingerprint density at radius 2 is 2.13 bits per heavy atom. The van der Waals surface area contributed by atoms with Gasteiger partial charge >= 0.3 is 0 Å². The molecule has 0 bridgehead atoms. The van der Waals surface area contributed by atoms with E-state index in [1.165, 1.54) is 5.56 Å². The molecule has 1 N–H and O–H groups in total. The quantitative estimate of drug-likeness (QED) is 0.772. The van der Waals surface area contributed by atoms with Gasteiger partial charge in [0.1, 0.15) is 5.75 Å². The second-order valence-electron chi connectivity index (χ2n) is 3.49. The first-order chi connectivity index (χ1) is 7.31. The molecule has 0 fully saturated rings. The molecule has 1 aromatic carbocycles. The summed E-state index contributed by atoms with van der Waals surface area (Å²) in [5.41, 5.74) is 1.24. The summed E-state index contributed by atoms with van der Waals surface area (Å²) in [7, 11) is 5.36. The highest BCUT2D eigenvalue weighted by Crippen LogP contribution is 2.20. The highest BCUT2D eigenvalue weighted by atomic mass is 16.5. The summed E-state index contributed by atoms with van der Waals surface area (Å²) in [6, 6.07) is 8.11. The Hall–Kier alpha value is -1.06. The molecule has 3 heteroatoms. The van der Waals surface area contributed by atoms with Crippen LogP contribution in [0.5, 0.6) is 5.75 Å². The Morgan fingerprint density at radius 1 is 1.33 bits per heavy atom. The van der Waals surface area contributed by atoms with E-state index in [4.69, 9.17) is 9.47 Å². The molecule has 1 rings (SSSR count). The predicted octanol–water partition coefficient (Wildman–Crippen LogP) is 1.64. The van der Waals surface area contributed by atoms with Crippen LogP contribution in [0.1, 0.15) is 11.5 Å². The maximum absolute atomic E-state index is 5.20. The minimum absolute atomic E-state index is 0.370. The highest BCUT2D eigenvalue weighted by Gasteiger charge is 2.10. The van der Waals surface area contributed by atoms with E-state index in [1.54, 1.807) is 14.2 Å². The number of methoxy groups -OCH3 is 2. The fraction of sp³-hybridized carbons (Fsp3) is 0.500. The lowest BCUT2D eigenvalue weighted by Crippen LogP contribution is -2.20. The van der Waals surface area contributed by atoms with Gasteiger partial charge in [0, 0.05) is 19.6 Å². The van der Waals surface area contributed by atoms with E-state index in [0.717, 1.165) is 12.3 Å². The predicted molar refractivity (Wildman–Crippen MR) is 61.5 cm³/mol. The van der Waals surface area contributed by atoms with Crippen LogP contribution in [0.2, 0.25) is 0 Å². The Morgan fingerprint density at radius 3 is 2.73 bits per heavy atom. The molecule has 0 saturated heterocycles. The maximum Gasteiger partial charge on any atom is 0.119 e. The van der Waals surface area contributed by atoms with Gasteiger partial charge in [-0.1, -0.05) is 12.1 Å². The number of ether oxygens (including phenoxy) is 2. The van der Waals surface area contributed by atoms with Crippen molar-refractivity contribution in [3.8, 4) is 5.75 Å². The van der Waals surface area contributed by atoms with E-state index < -0.39 is 0 Å². The largest absolute Gasteiger partial charge is 0.497 e. The zero-order chi connectivity index (χ0) is 11.1. The number of nitrogens with one attached hydrogen (secondary N) is 1. The van der Waals surface area contributed by atoms with Crippen LogP contribution in [0.15, 0.2) is 24.3 Å². The fourth-order valence-corrected chi connectivity index (χ4v) is 1.62. The van der Waals surface area contributed by atoms with Crippen LogP contribution in [0.3, 0.4) is 0 Å². The smallest absolute Gasteiger partial charge is 0.119 e. The normalized spacial score (nSPS) is 12.5. The van der Waals surface area contributed by atoms with Crippen molar-refractivity contribution < 1.29 is 9.47 Å². The van der Waals surface area contributed by atoms with Crippen molar-refractivity contribution in [2.24, 2.45) is 0 Å². The number of likely N-dealkylation sites (N-methyl/N-ethyl adjacent to an activating group) is 1. The van der Waals surface area contributed by atoms with Crippen LogP contribution >= 0.6 is 0 Å². The third kappa shape index (κ3) is 3.53. The lowest BCUT2D eigenvalue weighted by molar-refractivity contribution is 0.178. The summed E-state index contributed by atoms with van der Waals surface area (Å²) in [5.74, 6) is 1.26. The molecule has 0 heterocycles. The molecule has 0 aliphatic rings. The van der Waals surface area contributed by atoms with Crippen LogP contribution in [0.25, 0.3) is 0 Å². The molecule has 3 nitrogen and oxygen atoms in total. The van der Waals surface area contributed by atoms with Crippen LogP contribution in [-0.2, 0) is 4.74 Å². The van der Waals surface area contributed by atoms with Gasteiger partial charge < -0.3 is 14.8 Å². The molecule has 0 aliphatic carbocycles. The SMILES string of the molecule is CNCC(COC)c1cccc(OC)c1. The first-order valence-electron chi connectivity index (χ1n) is 5.09. The van der Waals surface area contributed by atoms with Crippen LogP contribution in [0.4, 0.5) is 0 Å². The van der Waals surface area contributed by atoms with Crippen LogP contribution in [-0.4, -0.2) is 34.4 Å². The second kappa shape index (κ2) is 6.43. The Kier molecular flexibility index (Phi) is 5.15. The zero-order valence-electron chi connectivity index (χ0n) is 9.62. The fourth-order valence-electron chi connectivity index (χ4n) is 1.62. The third-order valence-corrected chi connectivity index (χ3v) is 2.38. The van der Waals surface area contributed by atoms with E-state index in [9.17, 15) is 0 Å². The van der Waals surface area contributed by atoms with E-state index in [-0.39, 0.29) is 0 Å². The van der Waals surface area contributed by atoms with Crippen molar-refractivity contribution in [2.45, 2.75) is 5.92 Å². The van der Waals surface area contributed by atoms with Gasteiger partial charge in [0.2, 0.25) is 0 Å². The van der Waals surface area contributed by atoms with E-state index in [2.05, 4.69) is 17.4 Å². The van der Waals surface area contributed by atoms with Crippen molar-refractivity contribution in [3.63, 3.8) is 0 Å². The van der Waals surface area contributed by atoms with Crippen LogP contribution in [0, 0.1) is 0 Å². The van der Waals surface area contributed by atoms with Crippen LogP contribution < -0.4 is 10.1 Å². The van der Waals surface area contributed by atoms with Crippen molar-refractivity contribution in [1.82, 2.24) is 5.32 Å². The summed E-state index contributed by atoms with van der Waals surface area (Å²) >= 11 is 0. The van der Waals surface area contributed by atoms with Crippen molar-refractivity contribution in [1.29, 1.82) is 0 Å². The monoisotopic (exact) mass is 209 g/mol. The van der Waals surface area contributed by atoms with Gasteiger partial charge in [-0.05, 0) is 24.7 Å². The Bertz CT molecular complexity index is 283. The first-order valence-corrected chi connectivity index (χ1v) is 5.09. The molecule has 0 amide bonds. The average molecular weight is 209 g/mol. The molecule has 0 aromatic heterocycles. The molecule has 1 atom stereocenters. The number of rotatable bonds is 6. The van der Waals surface area contributed by atoms with Gasteiger partial charge in [-0.15, -0.1) is 0 Å². The van der Waals surface area contributed by atoms with Gasteiger partial charge in [-0.3, -0.25) is 0 Å². The molecule has 1 unspecified atom stereocenters. The van der Waals surface area contributed by atoms with Gasteiger partial charge in [-0.2, -0.15) is 0 Å². The molecule has 1 aromatic rings. The number of benzene rings is 1. The maximum atomic E-state index is 5.20. The number of hydrogen-bond donors (Lipinski definition) is 1. The average Bonchev–Trinajstić information content (AvgIpc) is 2.29. The summed E-state index contributed by atoms with van der Waals surface area (Å²) in [6.07, 6.45) is 0. The zero-order valence-corrected chi connectivity index (χ0v) is 9.62. The van der Waals surface area contributed by atoms with Crippen molar-refractivity contribution in [2.75, 3.05) is 34.4 Å². The van der Waals surface area contributed by atoms with E-state index in [1.807, 2.05) is 19.2 Å². The molecule has 0 saturated carbocycles. The Balaban J connectivity index is 2.79. The minimum Gasteiger partial charge on any atom is -0.497 e. The topological polar surface area (TPSA) is 30.5 Å². The van der Waals surface area contributed by atoms with Gasteiger partial charge in [0.15, 0.2) is 0 Å². The Labute approximate surface area is 91.4 Å². The van der Waals surface area contributed by atoms with Gasteiger partial charge in [0.25, 0.3) is 0 Å². The third-order valence-electron chi connectivity index (χ3n) is 2.38. The summed E-state index contributed by atoms with van der Waals surface area (Å²) in [4.78, 5) is 0. The highest BCUT2D eigenvalue weighted by molar-refractivity contribution is 5.31. The van der Waals surface area contributed by atoms with Gasteiger partial charge in [0.05, 0.1) is 13.7 Å². The molecule has 0 aliphatic heterocycles. The lowest BCUT2D eigenvalue weighted by atomic mass is 10.00. The summed E-state index contributed by atoms with van der Waals surface area (Å²) < 4.78 is 10.4. The van der Waals surface area contributed by atoms with Crippen molar-refractivity contribution in [3.05, 3.63) is 29.8 Å².